The standard InChI is InChI=1S/C22H22F2N4O2S/c1-31-20-12-15(5-8-25-20)26-21(30)16-13-17-14(3-4-19(29)27-17)11-18(16)28-9-2-6-22(23,24)7-10-28/h3-5,8,11-13H,2,6-7,9-10H2,1H3,(H,27,29)(H,25,26,30). The summed E-state index contributed by atoms with van der Waals surface area (Å²) < 4.78 is 27.8. The average molecular weight is 445 g/mol. The van der Waals surface area contributed by atoms with E-state index < -0.39 is 5.92 Å². The van der Waals surface area contributed by atoms with E-state index in [0.717, 1.165) is 10.4 Å². The van der Waals surface area contributed by atoms with Crippen LogP contribution in [0.5, 0.6) is 0 Å². The number of nitrogens with one attached hydrogen (secondary N) is 2. The van der Waals surface area contributed by atoms with Crippen LogP contribution in [0, 0.1) is 0 Å². The van der Waals surface area contributed by atoms with Crippen LogP contribution in [-0.4, -0.2) is 41.1 Å². The topological polar surface area (TPSA) is 78.1 Å². The van der Waals surface area contributed by atoms with Crippen LogP contribution in [0.25, 0.3) is 10.9 Å². The van der Waals surface area contributed by atoms with E-state index in [1.807, 2.05) is 11.2 Å². The molecule has 9 heteroatoms. The van der Waals surface area contributed by atoms with Crippen molar-refractivity contribution in [3.8, 4) is 0 Å². The monoisotopic (exact) mass is 444 g/mol. The first kappa shape index (κ1) is 21.3. The lowest BCUT2D eigenvalue weighted by Crippen LogP contribution is -2.28. The predicted octanol–water partition coefficient (Wildman–Crippen LogP) is 4.52. The number of carbonyl (C=O) groups excluding carboxylic acids is 1. The number of carbonyl (C=O) groups is 1. The van der Waals surface area contributed by atoms with Crippen molar-refractivity contribution in [2.45, 2.75) is 30.2 Å². The number of benzene rings is 1. The van der Waals surface area contributed by atoms with Crippen molar-refractivity contribution in [1.29, 1.82) is 0 Å². The zero-order chi connectivity index (χ0) is 22.0. The second-order valence-electron chi connectivity index (χ2n) is 7.52. The molecule has 0 saturated carbocycles. The highest BCUT2D eigenvalue weighted by atomic mass is 32.2. The van der Waals surface area contributed by atoms with Crippen molar-refractivity contribution < 1.29 is 13.6 Å². The van der Waals surface area contributed by atoms with Gasteiger partial charge in [0.25, 0.3) is 5.91 Å². The minimum Gasteiger partial charge on any atom is -0.371 e. The van der Waals surface area contributed by atoms with Gasteiger partial charge in [0.05, 0.1) is 16.3 Å². The molecule has 3 heterocycles. The Kier molecular flexibility index (Phi) is 5.95. The number of hydrogen-bond acceptors (Lipinski definition) is 5. The molecule has 0 atom stereocenters. The Hall–Kier alpha value is -2.94. The number of aromatic amines is 1. The number of pyridine rings is 2. The van der Waals surface area contributed by atoms with Gasteiger partial charge >= 0.3 is 0 Å². The third kappa shape index (κ3) is 4.87. The number of rotatable bonds is 4. The lowest BCUT2D eigenvalue weighted by molar-refractivity contribution is -0.0102. The average Bonchev–Trinajstić information content (AvgIpc) is 2.93. The molecule has 2 aromatic heterocycles. The van der Waals surface area contributed by atoms with Crippen LogP contribution < -0.4 is 15.8 Å². The van der Waals surface area contributed by atoms with Gasteiger partial charge in [0.1, 0.15) is 0 Å². The molecule has 6 nitrogen and oxygen atoms in total. The van der Waals surface area contributed by atoms with E-state index in [4.69, 9.17) is 0 Å². The molecule has 1 aliphatic heterocycles. The number of H-pyrrole nitrogens is 1. The van der Waals surface area contributed by atoms with E-state index in [1.54, 1.807) is 36.5 Å². The van der Waals surface area contributed by atoms with Crippen LogP contribution in [0.4, 0.5) is 20.2 Å². The summed E-state index contributed by atoms with van der Waals surface area (Å²) in [6.45, 7) is 0.574. The van der Waals surface area contributed by atoms with Gasteiger partial charge in [-0.15, -0.1) is 11.8 Å². The van der Waals surface area contributed by atoms with Crippen molar-refractivity contribution in [1.82, 2.24) is 9.97 Å². The lowest BCUT2D eigenvalue weighted by Gasteiger charge is -2.26. The molecular formula is C22H22F2N4O2S. The highest BCUT2D eigenvalue weighted by Gasteiger charge is 2.32. The number of nitrogens with zero attached hydrogens (tertiary/aromatic N) is 2. The number of amides is 1. The molecular weight excluding hydrogens is 422 g/mol. The molecule has 2 N–H and O–H groups in total. The zero-order valence-corrected chi connectivity index (χ0v) is 17.8. The zero-order valence-electron chi connectivity index (χ0n) is 17.0. The minimum atomic E-state index is -2.70. The summed E-state index contributed by atoms with van der Waals surface area (Å²) in [6, 6.07) is 9.91. The Bertz CT molecular complexity index is 1180. The first-order chi connectivity index (χ1) is 14.8. The smallest absolute Gasteiger partial charge is 0.257 e. The number of thioether (sulfide) groups is 1. The van der Waals surface area contributed by atoms with E-state index in [2.05, 4.69) is 15.3 Å². The number of aromatic nitrogens is 2. The van der Waals surface area contributed by atoms with Crippen LogP contribution >= 0.6 is 11.8 Å². The van der Waals surface area contributed by atoms with Crippen LogP contribution in [0.2, 0.25) is 0 Å². The summed E-state index contributed by atoms with van der Waals surface area (Å²) in [5.74, 6) is -3.08. The molecule has 0 aliphatic carbocycles. The van der Waals surface area contributed by atoms with Gasteiger partial charge in [-0.25, -0.2) is 13.8 Å². The molecule has 0 bridgehead atoms. The summed E-state index contributed by atoms with van der Waals surface area (Å²) >= 11 is 1.46. The number of halogens is 2. The normalized spacial score (nSPS) is 16.2. The van der Waals surface area contributed by atoms with Crippen molar-refractivity contribution in [2.24, 2.45) is 0 Å². The summed E-state index contributed by atoms with van der Waals surface area (Å²) in [6.07, 6.45) is 3.40. The van der Waals surface area contributed by atoms with E-state index >= 15 is 0 Å². The maximum absolute atomic E-state index is 13.9. The van der Waals surface area contributed by atoms with Crippen molar-refractivity contribution in [3.63, 3.8) is 0 Å². The minimum absolute atomic E-state index is 0.147. The molecule has 3 aromatic rings. The molecule has 4 rings (SSSR count). The van der Waals surface area contributed by atoms with Crippen molar-refractivity contribution in [2.75, 3.05) is 29.6 Å². The van der Waals surface area contributed by atoms with Gasteiger partial charge in [0.15, 0.2) is 0 Å². The van der Waals surface area contributed by atoms with Crippen LogP contribution in [0.3, 0.4) is 0 Å². The SMILES string of the molecule is CSc1cc(NC(=O)c2cc3[nH]c(=O)ccc3cc2N2CCCC(F)(F)CC2)ccn1. The second kappa shape index (κ2) is 8.66. The van der Waals surface area contributed by atoms with Crippen molar-refractivity contribution in [3.05, 3.63) is 58.5 Å². The van der Waals surface area contributed by atoms with E-state index in [-0.39, 0.29) is 30.9 Å². The molecule has 1 saturated heterocycles. The highest BCUT2D eigenvalue weighted by molar-refractivity contribution is 7.98. The van der Waals surface area contributed by atoms with Gasteiger partial charge in [0, 0.05) is 54.8 Å². The fourth-order valence-electron chi connectivity index (χ4n) is 3.74. The largest absolute Gasteiger partial charge is 0.371 e. The molecule has 1 amide bonds. The molecule has 1 aromatic carbocycles. The number of anilines is 2. The quantitative estimate of drug-likeness (QED) is 0.579. The van der Waals surface area contributed by atoms with E-state index in [9.17, 15) is 18.4 Å². The Labute approximate surface area is 182 Å². The van der Waals surface area contributed by atoms with Gasteiger partial charge in [-0.3, -0.25) is 9.59 Å². The Morgan fingerprint density at radius 3 is 2.84 bits per heavy atom. The molecule has 162 valence electrons. The predicted molar refractivity (Wildman–Crippen MR) is 120 cm³/mol. The molecule has 0 unspecified atom stereocenters. The highest BCUT2D eigenvalue weighted by Crippen LogP contribution is 2.33. The summed E-state index contributed by atoms with van der Waals surface area (Å²) in [4.78, 5) is 33.7. The van der Waals surface area contributed by atoms with Gasteiger partial charge in [-0.2, -0.15) is 0 Å². The molecule has 1 aliphatic rings. The summed E-state index contributed by atoms with van der Waals surface area (Å²) in [5.41, 5.74) is 1.72. The fraction of sp³-hybridized carbons (Fsp3) is 0.318. The lowest BCUT2D eigenvalue weighted by atomic mass is 10.1. The third-order valence-corrected chi connectivity index (χ3v) is 5.99. The number of hydrogen-bond donors (Lipinski definition) is 2. The maximum Gasteiger partial charge on any atom is 0.257 e. The molecule has 1 fully saturated rings. The van der Waals surface area contributed by atoms with Gasteiger partial charge in [-0.1, -0.05) is 0 Å². The number of fused-ring (bicyclic) bond motifs is 1. The second-order valence-corrected chi connectivity index (χ2v) is 8.34. The molecule has 31 heavy (non-hydrogen) atoms. The van der Waals surface area contributed by atoms with E-state index in [1.165, 1.54) is 17.8 Å². The van der Waals surface area contributed by atoms with E-state index in [0.29, 0.717) is 35.4 Å². The Balaban J connectivity index is 1.75. The van der Waals surface area contributed by atoms with Gasteiger partial charge in [0.2, 0.25) is 11.5 Å². The first-order valence-corrected chi connectivity index (χ1v) is 11.2. The summed E-state index contributed by atoms with van der Waals surface area (Å²) in [5, 5.41) is 4.36. The van der Waals surface area contributed by atoms with Gasteiger partial charge < -0.3 is 15.2 Å². The Morgan fingerprint density at radius 2 is 2.03 bits per heavy atom. The van der Waals surface area contributed by atoms with Crippen LogP contribution in [-0.2, 0) is 0 Å². The molecule has 0 radical (unpaired) electrons. The number of alkyl halides is 2. The van der Waals surface area contributed by atoms with Crippen LogP contribution in [0.15, 0.2) is 52.4 Å². The summed E-state index contributed by atoms with van der Waals surface area (Å²) in [7, 11) is 0. The third-order valence-electron chi connectivity index (χ3n) is 5.35. The van der Waals surface area contributed by atoms with Crippen LogP contribution in [0.1, 0.15) is 29.6 Å². The first-order valence-electron chi connectivity index (χ1n) is 9.96. The fourth-order valence-corrected chi connectivity index (χ4v) is 4.15. The molecule has 0 spiro atoms. The maximum atomic E-state index is 13.9. The Morgan fingerprint density at radius 1 is 1.19 bits per heavy atom. The van der Waals surface area contributed by atoms with Gasteiger partial charge in [-0.05, 0) is 43.0 Å². The van der Waals surface area contributed by atoms with Crippen molar-refractivity contribution >= 4 is 39.9 Å².